The van der Waals surface area contributed by atoms with E-state index in [-0.39, 0.29) is 33.8 Å². The standard InChI is InChI=1S/C17H14N4O6S/c1-2-28(25,26)14-9-5-12(6-10-14)16-19-20-17(27-16)18-15(22)11-3-7-13(8-4-11)21(23)24/h3-10H,2H2,1H3,(H,18,20,22). The first kappa shape index (κ1) is 19.2. The van der Waals surface area contributed by atoms with Crippen LogP contribution in [0.25, 0.3) is 11.5 Å². The predicted molar refractivity (Wildman–Crippen MR) is 98.5 cm³/mol. The number of anilines is 1. The zero-order valence-electron chi connectivity index (χ0n) is 14.5. The van der Waals surface area contributed by atoms with E-state index in [9.17, 15) is 23.3 Å². The van der Waals surface area contributed by atoms with Gasteiger partial charge in [-0.1, -0.05) is 12.0 Å². The van der Waals surface area contributed by atoms with E-state index in [1.807, 2.05) is 0 Å². The Balaban J connectivity index is 1.73. The zero-order valence-corrected chi connectivity index (χ0v) is 15.3. The van der Waals surface area contributed by atoms with Crippen LogP contribution in [-0.4, -0.2) is 35.2 Å². The number of sulfone groups is 1. The van der Waals surface area contributed by atoms with E-state index in [0.29, 0.717) is 5.56 Å². The number of aromatic nitrogens is 2. The van der Waals surface area contributed by atoms with Crippen molar-refractivity contribution in [2.24, 2.45) is 0 Å². The van der Waals surface area contributed by atoms with E-state index in [2.05, 4.69) is 15.5 Å². The first-order valence-corrected chi connectivity index (χ1v) is 9.68. The minimum absolute atomic E-state index is 0.00821. The van der Waals surface area contributed by atoms with Gasteiger partial charge in [0.2, 0.25) is 5.89 Å². The number of nitrogens with zero attached hydrogens (tertiary/aromatic N) is 3. The molecule has 0 aliphatic heterocycles. The molecule has 0 bridgehead atoms. The van der Waals surface area contributed by atoms with Crippen LogP contribution >= 0.6 is 0 Å². The molecule has 11 heteroatoms. The number of non-ortho nitro benzene ring substituents is 1. The van der Waals surface area contributed by atoms with Crippen LogP contribution in [0.1, 0.15) is 17.3 Å². The van der Waals surface area contributed by atoms with Gasteiger partial charge in [-0.2, -0.15) is 0 Å². The first-order chi connectivity index (χ1) is 13.3. The molecule has 1 aromatic heterocycles. The van der Waals surface area contributed by atoms with E-state index < -0.39 is 20.7 Å². The van der Waals surface area contributed by atoms with E-state index in [4.69, 9.17) is 4.42 Å². The largest absolute Gasteiger partial charge is 0.403 e. The lowest BCUT2D eigenvalue weighted by Gasteiger charge is -2.02. The van der Waals surface area contributed by atoms with Crippen LogP contribution in [0.2, 0.25) is 0 Å². The molecule has 1 N–H and O–H groups in total. The third-order valence-corrected chi connectivity index (χ3v) is 5.58. The summed E-state index contributed by atoms with van der Waals surface area (Å²) in [6.45, 7) is 1.56. The molecule has 1 amide bonds. The quantitative estimate of drug-likeness (QED) is 0.489. The second-order valence-corrected chi connectivity index (χ2v) is 7.88. The molecule has 0 aliphatic rings. The van der Waals surface area contributed by atoms with Gasteiger partial charge >= 0.3 is 6.01 Å². The average molecular weight is 402 g/mol. The maximum Gasteiger partial charge on any atom is 0.322 e. The monoisotopic (exact) mass is 402 g/mol. The SMILES string of the molecule is CCS(=O)(=O)c1ccc(-c2nnc(NC(=O)c3ccc([N+](=O)[O-])cc3)o2)cc1. The van der Waals surface area contributed by atoms with Gasteiger partial charge in [-0.3, -0.25) is 20.2 Å². The number of carbonyl (C=O) groups excluding carboxylic acids is 1. The molecule has 0 radical (unpaired) electrons. The molecule has 144 valence electrons. The van der Waals surface area contributed by atoms with Gasteiger partial charge in [0.15, 0.2) is 9.84 Å². The summed E-state index contributed by atoms with van der Waals surface area (Å²) in [4.78, 5) is 22.4. The Kier molecular flexibility index (Phi) is 5.18. The number of nitro benzene ring substituents is 1. The first-order valence-electron chi connectivity index (χ1n) is 8.02. The van der Waals surface area contributed by atoms with Gasteiger partial charge in [0, 0.05) is 23.3 Å². The summed E-state index contributed by atoms with van der Waals surface area (Å²) in [5.74, 6) is -0.486. The fourth-order valence-electron chi connectivity index (χ4n) is 2.27. The number of nitrogens with one attached hydrogen (secondary N) is 1. The van der Waals surface area contributed by atoms with Crippen molar-refractivity contribution in [1.82, 2.24) is 10.2 Å². The fraction of sp³-hybridized carbons (Fsp3) is 0.118. The highest BCUT2D eigenvalue weighted by molar-refractivity contribution is 7.91. The molecule has 10 nitrogen and oxygen atoms in total. The van der Waals surface area contributed by atoms with Crippen molar-refractivity contribution in [2.45, 2.75) is 11.8 Å². The predicted octanol–water partition coefficient (Wildman–Crippen LogP) is 2.69. The van der Waals surface area contributed by atoms with Gasteiger partial charge in [0.1, 0.15) is 0 Å². The van der Waals surface area contributed by atoms with Crippen LogP contribution in [-0.2, 0) is 9.84 Å². The molecule has 1 heterocycles. The zero-order chi connectivity index (χ0) is 20.3. The van der Waals surface area contributed by atoms with Crippen LogP contribution in [0, 0.1) is 10.1 Å². The molecule has 0 saturated heterocycles. The normalized spacial score (nSPS) is 11.2. The lowest BCUT2D eigenvalue weighted by molar-refractivity contribution is -0.384. The summed E-state index contributed by atoms with van der Waals surface area (Å²) in [6, 6.07) is 10.8. The lowest BCUT2D eigenvalue weighted by atomic mass is 10.2. The Morgan fingerprint density at radius 3 is 2.32 bits per heavy atom. The van der Waals surface area contributed by atoms with Crippen LogP contribution < -0.4 is 5.32 Å². The molecule has 0 saturated carbocycles. The Bertz CT molecular complexity index is 1120. The van der Waals surface area contributed by atoms with Crippen molar-refractivity contribution in [2.75, 3.05) is 11.1 Å². The maximum absolute atomic E-state index is 12.2. The maximum atomic E-state index is 12.2. The molecule has 0 unspecified atom stereocenters. The summed E-state index contributed by atoms with van der Waals surface area (Å²) >= 11 is 0. The summed E-state index contributed by atoms with van der Waals surface area (Å²) < 4.78 is 29.0. The number of hydrogen-bond donors (Lipinski definition) is 1. The molecule has 28 heavy (non-hydrogen) atoms. The van der Waals surface area contributed by atoms with Gasteiger partial charge < -0.3 is 4.42 Å². The minimum atomic E-state index is -3.31. The number of nitro groups is 1. The fourth-order valence-corrected chi connectivity index (χ4v) is 3.15. The Hall–Kier alpha value is -3.60. The van der Waals surface area contributed by atoms with Crippen molar-refractivity contribution in [3.05, 3.63) is 64.2 Å². The van der Waals surface area contributed by atoms with Crippen LogP contribution in [0.3, 0.4) is 0 Å². The van der Waals surface area contributed by atoms with Gasteiger partial charge in [-0.15, -0.1) is 5.10 Å². The number of amides is 1. The summed E-state index contributed by atoms with van der Waals surface area (Å²) in [7, 11) is -3.31. The highest BCUT2D eigenvalue weighted by atomic mass is 32.2. The van der Waals surface area contributed by atoms with E-state index in [1.165, 1.54) is 48.5 Å². The van der Waals surface area contributed by atoms with Crippen molar-refractivity contribution in [3.63, 3.8) is 0 Å². The molecular formula is C17H14N4O6S. The third kappa shape index (κ3) is 4.04. The molecular weight excluding hydrogens is 388 g/mol. The average Bonchev–Trinajstić information content (AvgIpc) is 3.16. The number of carbonyl (C=O) groups is 1. The Morgan fingerprint density at radius 1 is 1.11 bits per heavy atom. The number of hydrogen-bond acceptors (Lipinski definition) is 8. The smallest absolute Gasteiger partial charge is 0.322 e. The molecule has 3 aromatic rings. The summed E-state index contributed by atoms with van der Waals surface area (Å²) in [5, 5.41) is 20.6. The van der Waals surface area contributed by atoms with Crippen molar-refractivity contribution in [3.8, 4) is 11.5 Å². The van der Waals surface area contributed by atoms with Gasteiger partial charge in [0.05, 0.1) is 15.6 Å². The molecule has 0 aliphatic carbocycles. The molecule has 0 fully saturated rings. The highest BCUT2D eigenvalue weighted by Crippen LogP contribution is 2.22. The molecule has 0 atom stereocenters. The highest BCUT2D eigenvalue weighted by Gasteiger charge is 2.16. The van der Waals surface area contributed by atoms with E-state index >= 15 is 0 Å². The summed E-state index contributed by atoms with van der Waals surface area (Å²) in [6.07, 6.45) is 0. The van der Waals surface area contributed by atoms with Crippen molar-refractivity contribution in [1.29, 1.82) is 0 Å². The van der Waals surface area contributed by atoms with Crippen molar-refractivity contribution >= 4 is 27.4 Å². The number of benzene rings is 2. The second-order valence-electron chi connectivity index (χ2n) is 5.60. The topological polar surface area (TPSA) is 145 Å². The van der Waals surface area contributed by atoms with Crippen molar-refractivity contribution < 1.29 is 22.6 Å². The Labute approximate surface area is 159 Å². The second kappa shape index (κ2) is 7.56. The summed E-state index contributed by atoms with van der Waals surface area (Å²) in [5.41, 5.74) is 0.531. The minimum Gasteiger partial charge on any atom is -0.403 e. The van der Waals surface area contributed by atoms with Gasteiger partial charge in [-0.05, 0) is 36.4 Å². The Morgan fingerprint density at radius 2 is 1.75 bits per heavy atom. The van der Waals surface area contributed by atoms with E-state index in [1.54, 1.807) is 6.92 Å². The van der Waals surface area contributed by atoms with E-state index in [0.717, 1.165) is 0 Å². The van der Waals surface area contributed by atoms with Crippen LogP contribution in [0.4, 0.5) is 11.7 Å². The van der Waals surface area contributed by atoms with Gasteiger partial charge in [-0.25, -0.2) is 8.42 Å². The third-order valence-electron chi connectivity index (χ3n) is 3.83. The van der Waals surface area contributed by atoms with Crippen LogP contribution in [0.15, 0.2) is 57.8 Å². The number of rotatable bonds is 6. The van der Waals surface area contributed by atoms with Gasteiger partial charge in [0.25, 0.3) is 11.6 Å². The molecule has 3 rings (SSSR count). The molecule has 2 aromatic carbocycles. The van der Waals surface area contributed by atoms with Crippen LogP contribution in [0.5, 0.6) is 0 Å². The molecule has 0 spiro atoms. The lowest BCUT2D eigenvalue weighted by Crippen LogP contribution is -2.12.